The molecule has 1 amide bonds. The zero-order valence-corrected chi connectivity index (χ0v) is 12.5. The molecule has 0 radical (unpaired) electrons. The Hall–Kier alpha value is -2.33. The van der Waals surface area contributed by atoms with Gasteiger partial charge < -0.3 is 4.74 Å². The zero-order chi connectivity index (χ0) is 15.2. The van der Waals surface area contributed by atoms with E-state index in [1.54, 1.807) is 24.4 Å². The maximum absolute atomic E-state index is 12.1. The van der Waals surface area contributed by atoms with Crippen LogP contribution in [0.3, 0.4) is 0 Å². The van der Waals surface area contributed by atoms with E-state index in [1.807, 2.05) is 31.2 Å². The Bertz CT molecular complexity index is 684. The molecule has 0 saturated heterocycles. The number of methoxy groups -OCH3 is 1. The molecule has 0 fully saturated rings. The highest BCUT2D eigenvalue weighted by atomic mass is 35.5. The van der Waals surface area contributed by atoms with Crippen molar-refractivity contribution in [2.24, 2.45) is 5.10 Å². The number of aryl methyl sites for hydroxylation is 1. The second-order valence-corrected chi connectivity index (χ2v) is 4.84. The van der Waals surface area contributed by atoms with Crippen LogP contribution in [0.2, 0.25) is 5.02 Å². The third-order valence-electron chi connectivity index (χ3n) is 2.96. The summed E-state index contributed by atoms with van der Waals surface area (Å²) < 4.78 is 5.13. The molecule has 1 N–H and O–H groups in total. The number of hydrogen-bond acceptors (Lipinski definition) is 3. The number of benzene rings is 2. The fourth-order valence-corrected chi connectivity index (χ4v) is 1.98. The number of hydrazone groups is 1. The second kappa shape index (κ2) is 6.90. The lowest BCUT2D eigenvalue weighted by Crippen LogP contribution is -2.18. The summed E-state index contributed by atoms with van der Waals surface area (Å²) in [4.78, 5) is 12.1. The van der Waals surface area contributed by atoms with E-state index >= 15 is 0 Å². The molecule has 0 atom stereocenters. The molecule has 5 heteroatoms. The predicted octanol–water partition coefficient (Wildman–Crippen LogP) is 3.42. The van der Waals surface area contributed by atoms with E-state index in [9.17, 15) is 4.79 Å². The van der Waals surface area contributed by atoms with Crippen molar-refractivity contribution in [2.45, 2.75) is 6.92 Å². The molecule has 2 aromatic rings. The van der Waals surface area contributed by atoms with Gasteiger partial charge in [-0.3, -0.25) is 4.79 Å². The van der Waals surface area contributed by atoms with E-state index in [-0.39, 0.29) is 5.91 Å². The smallest absolute Gasteiger partial charge is 0.275 e. The first-order valence-corrected chi connectivity index (χ1v) is 6.72. The van der Waals surface area contributed by atoms with Gasteiger partial charge in [-0.25, -0.2) is 5.43 Å². The van der Waals surface area contributed by atoms with Gasteiger partial charge in [-0.15, -0.1) is 0 Å². The van der Waals surface area contributed by atoms with Crippen LogP contribution in [0.25, 0.3) is 0 Å². The molecular formula is C16H15ClN2O2. The topological polar surface area (TPSA) is 50.7 Å². The van der Waals surface area contributed by atoms with Gasteiger partial charge in [0.15, 0.2) is 0 Å². The Morgan fingerprint density at radius 1 is 1.29 bits per heavy atom. The molecule has 0 aliphatic rings. The molecule has 0 aliphatic heterocycles. The molecule has 21 heavy (non-hydrogen) atoms. The predicted molar refractivity (Wildman–Crippen MR) is 84.2 cm³/mol. The molecule has 0 aromatic heterocycles. The van der Waals surface area contributed by atoms with E-state index < -0.39 is 0 Å². The monoisotopic (exact) mass is 302 g/mol. The van der Waals surface area contributed by atoms with Crippen LogP contribution in [0.4, 0.5) is 0 Å². The maximum Gasteiger partial charge on any atom is 0.275 e. The molecular weight excluding hydrogens is 288 g/mol. The number of hydrogen-bond donors (Lipinski definition) is 1. The molecule has 2 rings (SSSR count). The van der Waals surface area contributed by atoms with Gasteiger partial charge in [-0.1, -0.05) is 35.9 Å². The van der Waals surface area contributed by atoms with E-state index in [0.29, 0.717) is 16.3 Å². The first-order valence-electron chi connectivity index (χ1n) is 6.34. The van der Waals surface area contributed by atoms with Crippen molar-refractivity contribution in [2.75, 3.05) is 7.11 Å². The molecule has 0 aliphatic carbocycles. The SMILES string of the molecule is COc1ccc(Cl)cc1C(=O)N/N=C/c1ccccc1C. The van der Waals surface area contributed by atoms with Crippen molar-refractivity contribution in [3.05, 3.63) is 64.2 Å². The van der Waals surface area contributed by atoms with Gasteiger partial charge in [-0.05, 0) is 36.2 Å². The van der Waals surface area contributed by atoms with Crippen molar-refractivity contribution in [1.82, 2.24) is 5.43 Å². The van der Waals surface area contributed by atoms with Gasteiger partial charge in [0.25, 0.3) is 5.91 Å². The highest BCUT2D eigenvalue weighted by Crippen LogP contribution is 2.22. The highest BCUT2D eigenvalue weighted by Gasteiger charge is 2.12. The Morgan fingerprint density at radius 3 is 2.76 bits per heavy atom. The van der Waals surface area contributed by atoms with Crippen LogP contribution >= 0.6 is 11.6 Å². The molecule has 0 spiro atoms. The van der Waals surface area contributed by atoms with Crippen LogP contribution in [-0.2, 0) is 0 Å². The average molecular weight is 303 g/mol. The lowest BCUT2D eigenvalue weighted by atomic mass is 10.1. The number of ether oxygens (including phenoxy) is 1. The lowest BCUT2D eigenvalue weighted by molar-refractivity contribution is 0.0952. The van der Waals surface area contributed by atoms with Gasteiger partial charge in [0, 0.05) is 5.02 Å². The third-order valence-corrected chi connectivity index (χ3v) is 3.20. The quantitative estimate of drug-likeness (QED) is 0.695. The molecule has 0 unspecified atom stereocenters. The summed E-state index contributed by atoms with van der Waals surface area (Å²) >= 11 is 5.89. The van der Waals surface area contributed by atoms with Gasteiger partial charge in [0.1, 0.15) is 5.75 Å². The van der Waals surface area contributed by atoms with Crippen LogP contribution < -0.4 is 10.2 Å². The van der Waals surface area contributed by atoms with Crippen LogP contribution in [0.5, 0.6) is 5.75 Å². The van der Waals surface area contributed by atoms with Gasteiger partial charge in [0.2, 0.25) is 0 Å². The Labute approximate surface area is 128 Å². The summed E-state index contributed by atoms with van der Waals surface area (Å²) in [5.74, 6) is 0.0715. The number of nitrogens with one attached hydrogen (secondary N) is 1. The molecule has 108 valence electrons. The zero-order valence-electron chi connectivity index (χ0n) is 11.8. The fourth-order valence-electron chi connectivity index (χ4n) is 1.81. The molecule has 0 saturated carbocycles. The minimum Gasteiger partial charge on any atom is -0.496 e. The van der Waals surface area contributed by atoms with Gasteiger partial charge in [0.05, 0.1) is 18.9 Å². The summed E-state index contributed by atoms with van der Waals surface area (Å²) in [6.45, 7) is 1.98. The number of rotatable bonds is 4. The van der Waals surface area contributed by atoms with Crippen LogP contribution in [0.15, 0.2) is 47.6 Å². The Kier molecular flexibility index (Phi) is 4.95. The number of carbonyl (C=O) groups excluding carboxylic acids is 1. The summed E-state index contributed by atoms with van der Waals surface area (Å²) in [6, 6.07) is 12.6. The maximum atomic E-state index is 12.1. The summed E-state index contributed by atoms with van der Waals surface area (Å²) in [5, 5.41) is 4.42. The van der Waals surface area contributed by atoms with E-state index in [1.165, 1.54) is 7.11 Å². The third kappa shape index (κ3) is 3.83. The number of carbonyl (C=O) groups is 1. The van der Waals surface area contributed by atoms with E-state index in [4.69, 9.17) is 16.3 Å². The van der Waals surface area contributed by atoms with Gasteiger partial charge in [-0.2, -0.15) is 5.10 Å². The van der Waals surface area contributed by atoms with Crippen molar-refractivity contribution in [1.29, 1.82) is 0 Å². The highest BCUT2D eigenvalue weighted by molar-refractivity contribution is 6.31. The van der Waals surface area contributed by atoms with Gasteiger partial charge >= 0.3 is 0 Å². The summed E-state index contributed by atoms with van der Waals surface area (Å²) in [6.07, 6.45) is 1.60. The summed E-state index contributed by atoms with van der Waals surface area (Å²) in [5.41, 5.74) is 4.83. The molecule has 2 aromatic carbocycles. The summed E-state index contributed by atoms with van der Waals surface area (Å²) in [7, 11) is 1.50. The largest absolute Gasteiger partial charge is 0.496 e. The van der Waals surface area contributed by atoms with Crippen LogP contribution in [0.1, 0.15) is 21.5 Å². The second-order valence-electron chi connectivity index (χ2n) is 4.40. The average Bonchev–Trinajstić information content (AvgIpc) is 2.49. The molecule has 0 heterocycles. The van der Waals surface area contributed by atoms with E-state index in [0.717, 1.165) is 11.1 Å². The first-order chi connectivity index (χ1) is 10.1. The lowest BCUT2D eigenvalue weighted by Gasteiger charge is -2.07. The number of nitrogens with zero attached hydrogens (tertiary/aromatic N) is 1. The van der Waals surface area contributed by atoms with E-state index in [2.05, 4.69) is 10.5 Å². The normalized spacial score (nSPS) is 10.6. The Morgan fingerprint density at radius 2 is 2.05 bits per heavy atom. The minimum atomic E-state index is -0.376. The molecule has 4 nitrogen and oxygen atoms in total. The first kappa shape index (κ1) is 15.1. The number of amides is 1. The van der Waals surface area contributed by atoms with Crippen LogP contribution in [-0.4, -0.2) is 19.2 Å². The van der Waals surface area contributed by atoms with Crippen LogP contribution in [0, 0.1) is 6.92 Å². The van der Waals surface area contributed by atoms with Crippen molar-refractivity contribution in [3.63, 3.8) is 0 Å². The van der Waals surface area contributed by atoms with Crippen molar-refractivity contribution < 1.29 is 9.53 Å². The van der Waals surface area contributed by atoms with Crippen molar-refractivity contribution >= 4 is 23.7 Å². The fraction of sp³-hybridized carbons (Fsp3) is 0.125. The molecule has 0 bridgehead atoms. The minimum absolute atomic E-state index is 0.340. The number of halogens is 1. The standard InChI is InChI=1S/C16H15ClN2O2/c1-11-5-3-4-6-12(11)10-18-19-16(20)14-9-13(17)7-8-15(14)21-2/h3-10H,1-2H3,(H,19,20)/b18-10+. The van der Waals surface area contributed by atoms with Crippen molar-refractivity contribution in [3.8, 4) is 5.75 Å². The Balaban J connectivity index is 2.12.